The van der Waals surface area contributed by atoms with Gasteiger partial charge < -0.3 is 14.9 Å². The molecule has 0 aliphatic carbocycles. The Kier molecular flexibility index (Phi) is 6.19. The molecule has 0 radical (unpaired) electrons. The molecule has 0 atom stereocenters. The molecular formula is C18H21BrN2O2. The second kappa shape index (κ2) is 8.13. The quantitative estimate of drug-likeness (QED) is 0.840. The molecular weight excluding hydrogens is 356 g/mol. The van der Waals surface area contributed by atoms with Crippen LogP contribution in [-0.2, 0) is 6.54 Å². The summed E-state index contributed by atoms with van der Waals surface area (Å²) in [6.07, 6.45) is 0. The standard InChI is InChI=1S/C18H21BrN2O2/c1-20(2)10-11-21(13-14-6-4-3-5-7-14)18(23)16-12-15(19)8-9-17(16)22/h3-9,12,22H,10-11,13H2,1-2H3. The number of halogens is 1. The number of amides is 1. The molecule has 0 spiro atoms. The summed E-state index contributed by atoms with van der Waals surface area (Å²) in [5.74, 6) is -0.171. The maximum atomic E-state index is 12.9. The minimum atomic E-state index is -0.172. The van der Waals surface area contributed by atoms with Crippen molar-refractivity contribution < 1.29 is 9.90 Å². The number of phenolic OH excluding ortho intramolecular Hbond substituents is 1. The number of likely N-dealkylation sites (N-methyl/N-ethyl adjacent to an activating group) is 1. The molecule has 0 saturated carbocycles. The van der Waals surface area contributed by atoms with Gasteiger partial charge in [0.25, 0.3) is 5.91 Å². The summed E-state index contributed by atoms with van der Waals surface area (Å²) in [6.45, 7) is 1.86. The third-order valence-corrected chi connectivity index (χ3v) is 4.00. The molecule has 0 aromatic heterocycles. The van der Waals surface area contributed by atoms with Crippen molar-refractivity contribution in [2.24, 2.45) is 0 Å². The predicted molar refractivity (Wildman–Crippen MR) is 95.5 cm³/mol. The van der Waals surface area contributed by atoms with E-state index in [2.05, 4.69) is 15.9 Å². The van der Waals surface area contributed by atoms with Gasteiger partial charge in [0.15, 0.2) is 0 Å². The topological polar surface area (TPSA) is 43.8 Å². The van der Waals surface area contributed by atoms with Crippen molar-refractivity contribution in [1.82, 2.24) is 9.80 Å². The highest BCUT2D eigenvalue weighted by Gasteiger charge is 2.19. The fourth-order valence-corrected chi connectivity index (χ4v) is 2.59. The minimum Gasteiger partial charge on any atom is -0.507 e. The highest BCUT2D eigenvalue weighted by Crippen LogP contribution is 2.24. The van der Waals surface area contributed by atoms with E-state index in [1.807, 2.05) is 49.3 Å². The average molecular weight is 377 g/mol. The second-order valence-electron chi connectivity index (χ2n) is 5.68. The Hall–Kier alpha value is -1.85. The molecule has 5 heteroatoms. The van der Waals surface area contributed by atoms with Crippen LogP contribution in [0, 0.1) is 0 Å². The number of carbonyl (C=O) groups is 1. The third-order valence-electron chi connectivity index (χ3n) is 3.51. The Morgan fingerprint density at radius 1 is 1.09 bits per heavy atom. The van der Waals surface area contributed by atoms with Crippen LogP contribution in [0.2, 0.25) is 0 Å². The first-order valence-electron chi connectivity index (χ1n) is 7.44. The van der Waals surface area contributed by atoms with Crippen LogP contribution in [0.25, 0.3) is 0 Å². The van der Waals surface area contributed by atoms with Crippen molar-refractivity contribution in [2.45, 2.75) is 6.54 Å². The first-order valence-corrected chi connectivity index (χ1v) is 8.23. The molecule has 23 heavy (non-hydrogen) atoms. The molecule has 0 heterocycles. The maximum absolute atomic E-state index is 12.9. The number of rotatable bonds is 6. The van der Waals surface area contributed by atoms with Gasteiger partial charge >= 0.3 is 0 Å². The first kappa shape index (κ1) is 17.5. The molecule has 2 aromatic carbocycles. The van der Waals surface area contributed by atoms with Gasteiger partial charge in [-0.1, -0.05) is 46.3 Å². The molecule has 122 valence electrons. The second-order valence-corrected chi connectivity index (χ2v) is 6.59. The summed E-state index contributed by atoms with van der Waals surface area (Å²) in [7, 11) is 3.95. The van der Waals surface area contributed by atoms with E-state index in [0.717, 1.165) is 16.6 Å². The van der Waals surface area contributed by atoms with E-state index in [0.29, 0.717) is 18.7 Å². The fraction of sp³-hybridized carbons (Fsp3) is 0.278. The molecule has 0 fully saturated rings. The molecule has 0 aliphatic heterocycles. The molecule has 2 rings (SSSR count). The molecule has 1 N–H and O–H groups in total. The smallest absolute Gasteiger partial charge is 0.257 e. The van der Waals surface area contributed by atoms with E-state index in [1.54, 1.807) is 17.0 Å². The number of phenols is 1. The predicted octanol–water partition coefficient (Wildman–Crippen LogP) is 3.36. The Bertz CT molecular complexity index is 659. The third kappa shape index (κ3) is 5.08. The van der Waals surface area contributed by atoms with Gasteiger partial charge in [0.1, 0.15) is 5.75 Å². The first-order chi connectivity index (χ1) is 11.0. The van der Waals surface area contributed by atoms with Crippen LogP contribution >= 0.6 is 15.9 Å². The van der Waals surface area contributed by atoms with E-state index in [1.165, 1.54) is 6.07 Å². The Morgan fingerprint density at radius 3 is 2.43 bits per heavy atom. The summed E-state index contributed by atoms with van der Waals surface area (Å²) < 4.78 is 0.769. The van der Waals surface area contributed by atoms with Gasteiger partial charge in [-0.2, -0.15) is 0 Å². The van der Waals surface area contributed by atoms with Gasteiger partial charge in [0, 0.05) is 24.1 Å². The molecule has 2 aromatic rings. The largest absolute Gasteiger partial charge is 0.507 e. The summed E-state index contributed by atoms with van der Waals surface area (Å²) in [5, 5.41) is 10.0. The lowest BCUT2D eigenvalue weighted by atomic mass is 10.1. The lowest BCUT2D eigenvalue weighted by Gasteiger charge is -2.25. The lowest BCUT2D eigenvalue weighted by molar-refractivity contribution is 0.0729. The average Bonchev–Trinajstić information content (AvgIpc) is 2.54. The van der Waals surface area contributed by atoms with Crippen LogP contribution in [0.5, 0.6) is 5.75 Å². The van der Waals surface area contributed by atoms with E-state index >= 15 is 0 Å². The summed E-state index contributed by atoms with van der Waals surface area (Å²) in [5.41, 5.74) is 1.38. The van der Waals surface area contributed by atoms with Crippen molar-refractivity contribution >= 4 is 21.8 Å². The van der Waals surface area contributed by atoms with E-state index in [9.17, 15) is 9.90 Å². The van der Waals surface area contributed by atoms with Crippen molar-refractivity contribution in [3.63, 3.8) is 0 Å². The molecule has 0 unspecified atom stereocenters. The Labute approximate surface area is 145 Å². The van der Waals surface area contributed by atoms with Gasteiger partial charge in [-0.15, -0.1) is 0 Å². The zero-order valence-electron chi connectivity index (χ0n) is 13.4. The Morgan fingerprint density at radius 2 is 1.78 bits per heavy atom. The maximum Gasteiger partial charge on any atom is 0.257 e. The van der Waals surface area contributed by atoms with Crippen molar-refractivity contribution in [1.29, 1.82) is 0 Å². The zero-order chi connectivity index (χ0) is 16.8. The van der Waals surface area contributed by atoms with Crippen molar-refractivity contribution in [2.75, 3.05) is 27.2 Å². The summed E-state index contributed by atoms with van der Waals surface area (Å²) in [6, 6.07) is 14.8. The van der Waals surface area contributed by atoms with Crippen LogP contribution in [0.15, 0.2) is 53.0 Å². The van der Waals surface area contributed by atoms with Crippen LogP contribution < -0.4 is 0 Å². The highest BCUT2D eigenvalue weighted by atomic mass is 79.9. The molecule has 0 bridgehead atoms. The van der Waals surface area contributed by atoms with Crippen molar-refractivity contribution in [3.8, 4) is 5.75 Å². The molecule has 0 saturated heterocycles. The number of carbonyl (C=O) groups excluding carboxylic acids is 1. The number of aromatic hydroxyl groups is 1. The monoisotopic (exact) mass is 376 g/mol. The van der Waals surface area contributed by atoms with Crippen LogP contribution in [0.1, 0.15) is 15.9 Å². The van der Waals surface area contributed by atoms with Crippen LogP contribution in [0.3, 0.4) is 0 Å². The lowest BCUT2D eigenvalue weighted by Crippen LogP contribution is -2.36. The number of hydrogen-bond acceptors (Lipinski definition) is 3. The normalized spacial score (nSPS) is 10.8. The minimum absolute atomic E-state index is 0.00103. The number of hydrogen-bond donors (Lipinski definition) is 1. The molecule has 0 aliphatic rings. The van der Waals surface area contributed by atoms with Crippen LogP contribution in [0.4, 0.5) is 0 Å². The fourth-order valence-electron chi connectivity index (χ4n) is 2.23. The van der Waals surface area contributed by atoms with Gasteiger partial charge in [-0.3, -0.25) is 4.79 Å². The van der Waals surface area contributed by atoms with Crippen molar-refractivity contribution in [3.05, 3.63) is 64.1 Å². The van der Waals surface area contributed by atoms with E-state index in [4.69, 9.17) is 0 Å². The van der Waals surface area contributed by atoms with E-state index < -0.39 is 0 Å². The van der Waals surface area contributed by atoms with E-state index in [-0.39, 0.29) is 11.7 Å². The van der Waals surface area contributed by atoms with Crippen LogP contribution in [-0.4, -0.2) is 48.0 Å². The van der Waals surface area contributed by atoms with Gasteiger partial charge in [-0.25, -0.2) is 0 Å². The Balaban J connectivity index is 2.24. The summed E-state index contributed by atoms with van der Waals surface area (Å²) in [4.78, 5) is 16.7. The summed E-state index contributed by atoms with van der Waals surface area (Å²) >= 11 is 3.35. The molecule has 4 nitrogen and oxygen atoms in total. The SMILES string of the molecule is CN(C)CCN(Cc1ccccc1)C(=O)c1cc(Br)ccc1O. The van der Waals surface area contributed by atoms with Gasteiger partial charge in [0.2, 0.25) is 0 Å². The molecule has 1 amide bonds. The number of nitrogens with zero attached hydrogens (tertiary/aromatic N) is 2. The van der Waals surface area contributed by atoms with Gasteiger partial charge in [0.05, 0.1) is 5.56 Å². The van der Waals surface area contributed by atoms with Gasteiger partial charge in [-0.05, 0) is 37.9 Å². The number of benzene rings is 2. The highest BCUT2D eigenvalue weighted by molar-refractivity contribution is 9.10. The zero-order valence-corrected chi connectivity index (χ0v) is 15.0.